The van der Waals surface area contributed by atoms with Crippen LogP contribution in [0.15, 0.2) is 0 Å². The van der Waals surface area contributed by atoms with Crippen LogP contribution in [0.1, 0.15) is 32.6 Å². The molecular weight excluding hydrogens is 186 g/mol. The molecule has 0 aliphatic carbocycles. The first-order valence-electron chi connectivity index (χ1n) is 6.26. The number of nitrogens with zero attached hydrogens (tertiary/aromatic N) is 1. The Labute approximate surface area is 93.6 Å². The monoisotopic (exact) mass is 211 g/mol. The molecule has 15 heavy (non-hydrogen) atoms. The van der Waals surface area contributed by atoms with Crippen LogP contribution in [0, 0.1) is 7.05 Å². The van der Waals surface area contributed by atoms with E-state index in [0.717, 1.165) is 18.9 Å². The first kappa shape index (κ1) is 11.4. The van der Waals surface area contributed by atoms with Crippen molar-refractivity contribution in [3.8, 4) is 0 Å². The number of piperidine rings is 2. The summed E-state index contributed by atoms with van der Waals surface area (Å²) < 4.78 is 0. The molecule has 0 atom stereocenters. The lowest BCUT2D eigenvalue weighted by atomic mass is 9.89. The van der Waals surface area contributed by atoms with Crippen LogP contribution >= 0.6 is 0 Å². The molecule has 0 unspecified atom stereocenters. The number of hydrogen-bond acceptors (Lipinski definition) is 2. The smallest absolute Gasteiger partial charge is 0.0545 e. The van der Waals surface area contributed by atoms with Crippen molar-refractivity contribution in [1.82, 2.24) is 4.90 Å². The van der Waals surface area contributed by atoms with E-state index in [0.29, 0.717) is 0 Å². The normalized spacial score (nSPS) is 37.8. The minimum Gasteiger partial charge on any atom is -0.468 e. The Bertz CT molecular complexity index is 197. The van der Waals surface area contributed by atoms with Gasteiger partial charge >= 0.3 is 0 Å². The van der Waals surface area contributed by atoms with Gasteiger partial charge in [0, 0.05) is 37.5 Å². The molecule has 0 amide bonds. The minimum atomic E-state index is 0.0920. The van der Waals surface area contributed by atoms with Crippen molar-refractivity contribution >= 4 is 0 Å². The van der Waals surface area contributed by atoms with Crippen LogP contribution < -0.4 is 10.6 Å². The Kier molecular flexibility index (Phi) is 3.33. The Morgan fingerprint density at radius 3 is 2.33 bits per heavy atom. The van der Waals surface area contributed by atoms with E-state index in [9.17, 15) is 0 Å². The number of hydrogen-bond donors (Lipinski definition) is 2. The van der Waals surface area contributed by atoms with Crippen LogP contribution in [0.2, 0.25) is 0 Å². The first-order valence-corrected chi connectivity index (χ1v) is 6.26. The van der Waals surface area contributed by atoms with E-state index >= 15 is 0 Å². The van der Waals surface area contributed by atoms with Crippen molar-refractivity contribution in [1.29, 1.82) is 0 Å². The van der Waals surface area contributed by atoms with E-state index < -0.39 is 0 Å². The molecule has 88 valence electrons. The Hall–Kier alpha value is -0.120. The standard InChI is InChI=1S/C12H25N3/c1-12(13)5-9-15(10-6-12)11-3-7-14(2)8-4-11/h11,14H,2-10,13H2,1H3. The third-order valence-corrected chi connectivity index (χ3v) is 4.12. The second-order valence-electron chi connectivity index (χ2n) is 5.67. The molecular formula is C12H25N3. The molecule has 0 aromatic heterocycles. The number of likely N-dealkylation sites (tertiary alicyclic amines) is 2. The van der Waals surface area contributed by atoms with E-state index in [-0.39, 0.29) is 5.54 Å². The molecule has 2 fully saturated rings. The molecule has 0 saturated carbocycles. The molecule has 0 radical (unpaired) electrons. The molecule has 2 saturated heterocycles. The van der Waals surface area contributed by atoms with Crippen molar-refractivity contribution in [2.75, 3.05) is 26.2 Å². The van der Waals surface area contributed by atoms with Crippen LogP contribution in [-0.4, -0.2) is 42.7 Å². The van der Waals surface area contributed by atoms with E-state index in [2.05, 4.69) is 18.9 Å². The Balaban J connectivity index is 1.80. The molecule has 2 rings (SSSR count). The quantitative estimate of drug-likeness (QED) is 0.581. The maximum atomic E-state index is 6.15. The van der Waals surface area contributed by atoms with Gasteiger partial charge in [-0.2, -0.15) is 7.05 Å². The second kappa shape index (κ2) is 4.40. The van der Waals surface area contributed by atoms with Crippen molar-refractivity contribution in [2.45, 2.75) is 44.2 Å². The van der Waals surface area contributed by atoms with Gasteiger partial charge in [-0.25, -0.2) is 0 Å². The summed E-state index contributed by atoms with van der Waals surface area (Å²) in [7, 11) is 4.08. The van der Waals surface area contributed by atoms with Gasteiger partial charge in [-0.1, -0.05) is 0 Å². The molecule has 3 N–H and O–H groups in total. The van der Waals surface area contributed by atoms with Gasteiger partial charge in [-0.15, -0.1) is 0 Å². The summed E-state index contributed by atoms with van der Waals surface area (Å²) in [6.07, 6.45) is 4.95. The van der Waals surface area contributed by atoms with Crippen LogP contribution in [0.5, 0.6) is 0 Å². The number of rotatable bonds is 1. The lowest BCUT2D eigenvalue weighted by Gasteiger charge is -2.43. The van der Waals surface area contributed by atoms with Crippen molar-refractivity contribution in [2.24, 2.45) is 5.73 Å². The van der Waals surface area contributed by atoms with Crippen molar-refractivity contribution < 1.29 is 4.90 Å². The summed E-state index contributed by atoms with van der Waals surface area (Å²) in [4.78, 5) is 4.10. The second-order valence-corrected chi connectivity index (χ2v) is 5.67. The zero-order valence-electron chi connectivity index (χ0n) is 9.97. The molecule has 2 heterocycles. The molecule has 3 heteroatoms. The van der Waals surface area contributed by atoms with Gasteiger partial charge in [0.25, 0.3) is 0 Å². The fraction of sp³-hybridized carbons (Fsp3) is 0.917. The highest BCUT2D eigenvalue weighted by Gasteiger charge is 2.31. The van der Waals surface area contributed by atoms with E-state index in [1.54, 1.807) is 0 Å². The summed E-state index contributed by atoms with van der Waals surface area (Å²) in [6.45, 7) is 7.06. The molecule has 0 aromatic carbocycles. The van der Waals surface area contributed by atoms with Crippen molar-refractivity contribution in [3.05, 3.63) is 7.05 Å². The lowest BCUT2D eigenvalue weighted by molar-refractivity contribution is -0.859. The largest absolute Gasteiger partial charge is 0.468 e. The maximum Gasteiger partial charge on any atom is 0.0545 e. The van der Waals surface area contributed by atoms with Crippen LogP contribution in [0.3, 0.4) is 0 Å². The highest BCUT2D eigenvalue weighted by Crippen LogP contribution is 2.22. The number of quaternary nitrogens is 1. The van der Waals surface area contributed by atoms with Crippen LogP contribution in [-0.2, 0) is 0 Å². The topological polar surface area (TPSA) is 33.7 Å². The minimum absolute atomic E-state index is 0.0920. The van der Waals surface area contributed by atoms with Gasteiger partial charge < -0.3 is 10.6 Å². The average Bonchev–Trinajstić information content (AvgIpc) is 2.20. The maximum absolute atomic E-state index is 6.15. The summed E-state index contributed by atoms with van der Waals surface area (Å²) in [5.74, 6) is 0. The van der Waals surface area contributed by atoms with E-state index in [1.165, 1.54) is 43.9 Å². The molecule has 2 aliphatic rings. The van der Waals surface area contributed by atoms with Gasteiger partial charge in [-0.3, -0.25) is 4.90 Å². The van der Waals surface area contributed by atoms with Crippen LogP contribution in [0.25, 0.3) is 0 Å². The number of nitrogens with one attached hydrogen (secondary N) is 1. The summed E-state index contributed by atoms with van der Waals surface area (Å²) in [5, 5.41) is 0. The fourth-order valence-corrected chi connectivity index (χ4v) is 2.78. The lowest BCUT2D eigenvalue weighted by Crippen LogP contribution is -3.08. The highest BCUT2D eigenvalue weighted by molar-refractivity contribution is 4.88. The average molecular weight is 211 g/mol. The Morgan fingerprint density at radius 1 is 1.27 bits per heavy atom. The molecule has 2 aliphatic heterocycles. The summed E-state index contributed by atoms with van der Waals surface area (Å²) in [6, 6.07) is 0.812. The van der Waals surface area contributed by atoms with Gasteiger partial charge in [-0.05, 0) is 19.8 Å². The first-order chi connectivity index (χ1) is 7.07. The third-order valence-electron chi connectivity index (χ3n) is 4.12. The fourth-order valence-electron chi connectivity index (χ4n) is 2.78. The predicted molar refractivity (Wildman–Crippen MR) is 62.5 cm³/mol. The van der Waals surface area contributed by atoms with Crippen LogP contribution in [0.4, 0.5) is 0 Å². The van der Waals surface area contributed by atoms with E-state index in [1.807, 2.05) is 0 Å². The summed E-state index contributed by atoms with van der Waals surface area (Å²) >= 11 is 0. The van der Waals surface area contributed by atoms with E-state index in [4.69, 9.17) is 5.73 Å². The van der Waals surface area contributed by atoms with Gasteiger partial charge in [0.05, 0.1) is 13.1 Å². The third kappa shape index (κ3) is 2.92. The van der Waals surface area contributed by atoms with Gasteiger partial charge in [0.2, 0.25) is 0 Å². The highest BCUT2D eigenvalue weighted by atomic mass is 15.2. The molecule has 0 bridgehead atoms. The molecule has 3 nitrogen and oxygen atoms in total. The zero-order chi connectivity index (χ0) is 10.9. The summed E-state index contributed by atoms with van der Waals surface area (Å²) in [5.41, 5.74) is 6.24. The molecule has 0 aromatic rings. The van der Waals surface area contributed by atoms with Crippen molar-refractivity contribution in [3.63, 3.8) is 0 Å². The number of nitrogens with two attached hydrogens (primary N) is 1. The predicted octanol–water partition coefficient (Wildman–Crippen LogP) is -0.362. The zero-order valence-corrected chi connectivity index (χ0v) is 9.97. The molecule has 0 spiro atoms. The SMILES string of the molecule is [CH2-][NH+]1CCC(N2CCC(C)(N)CC2)CC1. The van der Waals surface area contributed by atoms with Gasteiger partial charge in [0.15, 0.2) is 0 Å². The van der Waals surface area contributed by atoms with Gasteiger partial charge in [0.1, 0.15) is 0 Å². The Morgan fingerprint density at radius 2 is 1.80 bits per heavy atom.